The first kappa shape index (κ1) is 36.8. The number of pyridine rings is 1. The van der Waals surface area contributed by atoms with E-state index in [9.17, 15) is 0 Å². The predicted molar refractivity (Wildman–Crippen MR) is 209 cm³/mol. The Labute approximate surface area is 315 Å². The van der Waals surface area contributed by atoms with Crippen LogP contribution in [0.25, 0.3) is 22.4 Å². The Balaban J connectivity index is 1.19. The number of methoxy groups -OCH3 is 6. The predicted octanol–water partition coefficient (Wildman–Crippen LogP) is 8.90. The van der Waals surface area contributed by atoms with Crippen molar-refractivity contribution >= 4 is 21.6 Å². The Kier molecular flexibility index (Phi) is 12.1. The number of rotatable bonds is 14. The number of piperidine rings is 1. The number of hydrogen-bond acceptors (Lipinski definition) is 9. The van der Waals surface area contributed by atoms with Gasteiger partial charge in [0.05, 0.1) is 48.4 Å². The zero-order valence-corrected chi connectivity index (χ0v) is 32.2. The number of nitrogens with zero attached hydrogens (tertiary/aromatic N) is 3. The largest absolute Gasteiger partial charge is 0.493 e. The SMILES string of the molecule is COc1cc(-c2cccc(CN(c3ccc(Br)cc3)C3CCN(Cc4ccnc(-c5cc(OC)c(OC)c(OC)c5)c4)CC3)c2)cc(OC)c1OC. The van der Waals surface area contributed by atoms with Crippen LogP contribution in [0.2, 0.25) is 0 Å². The topological polar surface area (TPSA) is 74.8 Å². The minimum atomic E-state index is 0.384. The molecule has 1 aliphatic heterocycles. The van der Waals surface area contributed by atoms with E-state index >= 15 is 0 Å². The molecule has 1 aromatic heterocycles. The highest BCUT2D eigenvalue weighted by Gasteiger charge is 2.26. The molecule has 0 atom stereocenters. The first-order valence-corrected chi connectivity index (χ1v) is 18.1. The molecule has 1 aliphatic rings. The summed E-state index contributed by atoms with van der Waals surface area (Å²) < 4.78 is 34.6. The summed E-state index contributed by atoms with van der Waals surface area (Å²) in [4.78, 5) is 9.78. The van der Waals surface area contributed by atoms with Crippen LogP contribution < -0.4 is 33.3 Å². The van der Waals surface area contributed by atoms with E-state index in [1.165, 1.54) is 16.8 Å². The Morgan fingerprint density at radius 3 is 1.77 bits per heavy atom. The second kappa shape index (κ2) is 17.1. The Morgan fingerprint density at radius 2 is 1.21 bits per heavy atom. The van der Waals surface area contributed by atoms with Crippen molar-refractivity contribution in [1.29, 1.82) is 0 Å². The number of aromatic nitrogens is 1. The van der Waals surface area contributed by atoms with Crippen LogP contribution in [0.1, 0.15) is 24.0 Å². The minimum absolute atomic E-state index is 0.384. The molecule has 1 saturated heterocycles. The van der Waals surface area contributed by atoms with E-state index in [0.29, 0.717) is 40.5 Å². The normalized spacial score (nSPS) is 13.4. The average molecular weight is 769 g/mol. The molecule has 2 heterocycles. The first-order chi connectivity index (χ1) is 25.4. The van der Waals surface area contributed by atoms with Crippen molar-refractivity contribution in [3.8, 4) is 56.9 Å². The summed E-state index contributed by atoms with van der Waals surface area (Å²) >= 11 is 3.63. The quantitative estimate of drug-likeness (QED) is 0.110. The van der Waals surface area contributed by atoms with Gasteiger partial charge in [-0.05, 0) is 102 Å². The highest BCUT2D eigenvalue weighted by molar-refractivity contribution is 9.10. The van der Waals surface area contributed by atoms with Crippen molar-refractivity contribution in [2.45, 2.75) is 32.0 Å². The van der Waals surface area contributed by atoms with Crippen molar-refractivity contribution in [3.63, 3.8) is 0 Å². The van der Waals surface area contributed by atoms with E-state index in [1.54, 1.807) is 42.7 Å². The average Bonchev–Trinajstić information content (AvgIpc) is 3.19. The maximum Gasteiger partial charge on any atom is 0.203 e. The molecule has 6 rings (SSSR count). The highest BCUT2D eigenvalue weighted by Crippen LogP contribution is 2.42. The molecule has 0 spiro atoms. The molecule has 0 aliphatic carbocycles. The fraction of sp³-hybridized carbons (Fsp3) is 0.310. The molecule has 5 aromatic rings. The van der Waals surface area contributed by atoms with Crippen LogP contribution in [0.5, 0.6) is 34.5 Å². The van der Waals surface area contributed by atoms with Crippen molar-refractivity contribution in [2.24, 2.45) is 0 Å². The number of ether oxygens (including phenoxy) is 6. The van der Waals surface area contributed by atoms with E-state index in [-0.39, 0.29) is 0 Å². The number of anilines is 1. The second-order valence-electron chi connectivity index (χ2n) is 12.7. The van der Waals surface area contributed by atoms with Crippen LogP contribution in [0, 0.1) is 0 Å². The second-order valence-corrected chi connectivity index (χ2v) is 13.6. The summed E-state index contributed by atoms with van der Waals surface area (Å²) in [6.07, 6.45) is 3.98. The number of halogens is 1. The summed E-state index contributed by atoms with van der Waals surface area (Å²) in [5.41, 5.74) is 7.52. The van der Waals surface area contributed by atoms with Gasteiger partial charge in [0.2, 0.25) is 11.5 Å². The van der Waals surface area contributed by atoms with Gasteiger partial charge in [-0.1, -0.05) is 34.1 Å². The molecule has 0 bridgehead atoms. The highest BCUT2D eigenvalue weighted by atomic mass is 79.9. The molecular formula is C42H46BrN3O6. The van der Waals surface area contributed by atoms with Crippen molar-refractivity contribution in [1.82, 2.24) is 9.88 Å². The van der Waals surface area contributed by atoms with Gasteiger partial charge in [0, 0.05) is 54.1 Å². The molecule has 1 fully saturated rings. The lowest BCUT2D eigenvalue weighted by molar-refractivity contribution is 0.201. The van der Waals surface area contributed by atoms with Crippen molar-refractivity contribution in [3.05, 3.63) is 107 Å². The lowest BCUT2D eigenvalue weighted by Gasteiger charge is -2.40. The molecule has 10 heteroatoms. The van der Waals surface area contributed by atoms with Gasteiger partial charge < -0.3 is 33.3 Å². The van der Waals surface area contributed by atoms with Crippen LogP contribution >= 0.6 is 15.9 Å². The molecule has 0 N–H and O–H groups in total. The van der Waals surface area contributed by atoms with E-state index in [0.717, 1.165) is 65.9 Å². The third-order valence-corrected chi connectivity index (χ3v) is 10.2. The zero-order valence-electron chi connectivity index (χ0n) is 30.6. The van der Waals surface area contributed by atoms with Crippen molar-refractivity contribution in [2.75, 3.05) is 60.6 Å². The molecule has 4 aromatic carbocycles. The molecule has 0 radical (unpaired) electrons. The fourth-order valence-corrected chi connectivity index (χ4v) is 7.23. The van der Waals surface area contributed by atoms with Gasteiger partial charge in [-0.15, -0.1) is 0 Å². The van der Waals surface area contributed by atoms with Crippen LogP contribution in [0.3, 0.4) is 0 Å². The standard InChI is InChI=1S/C42H46BrN3O6/c1-47-37-22-31(23-38(48-2)41(37)51-5)30-9-7-8-28(20-30)27-46(34-12-10-33(43)11-13-34)35-15-18-45(19-16-35)26-29-14-17-44-36(21-29)32-24-39(49-3)42(52-6)40(25-32)50-4/h7-14,17,20-25,35H,15-16,18-19,26-27H2,1-6H3. The molecule has 0 unspecified atom stereocenters. The fourth-order valence-electron chi connectivity index (χ4n) is 6.96. The van der Waals surface area contributed by atoms with Gasteiger partial charge in [-0.25, -0.2) is 0 Å². The summed E-state index contributed by atoms with van der Waals surface area (Å²) in [6, 6.07) is 29.9. The van der Waals surface area contributed by atoms with Gasteiger partial charge in [0.15, 0.2) is 23.0 Å². The third-order valence-electron chi connectivity index (χ3n) is 9.63. The van der Waals surface area contributed by atoms with Crippen molar-refractivity contribution < 1.29 is 28.4 Å². The summed E-state index contributed by atoms with van der Waals surface area (Å²) in [5, 5.41) is 0. The molecule has 272 valence electrons. The molecule has 0 amide bonds. The van der Waals surface area contributed by atoms with Gasteiger partial charge in [0.1, 0.15) is 0 Å². The third kappa shape index (κ3) is 8.24. The van der Waals surface area contributed by atoms with Crippen LogP contribution in [0.15, 0.2) is 95.6 Å². The Morgan fingerprint density at radius 1 is 0.635 bits per heavy atom. The van der Waals surface area contributed by atoms with E-state index < -0.39 is 0 Å². The van der Waals surface area contributed by atoms with Gasteiger partial charge in [0.25, 0.3) is 0 Å². The molecular weight excluding hydrogens is 722 g/mol. The van der Waals surface area contributed by atoms with Gasteiger partial charge in [-0.3, -0.25) is 9.88 Å². The van der Waals surface area contributed by atoms with Gasteiger partial charge >= 0.3 is 0 Å². The molecule has 52 heavy (non-hydrogen) atoms. The lowest BCUT2D eigenvalue weighted by Crippen LogP contribution is -2.44. The smallest absolute Gasteiger partial charge is 0.203 e. The summed E-state index contributed by atoms with van der Waals surface area (Å²) in [6.45, 7) is 3.62. The van der Waals surface area contributed by atoms with E-state index in [2.05, 4.69) is 91.4 Å². The Hall–Kier alpha value is -4.93. The zero-order chi connectivity index (χ0) is 36.6. The number of hydrogen-bond donors (Lipinski definition) is 0. The summed E-state index contributed by atoms with van der Waals surface area (Å²) in [7, 11) is 9.77. The van der Waals surface area contributed by atoms with Gasteiger partial charge in [-0.2, -0.15) is 0 Å². The van der Waals surface area contributed by atoms with Crippen LogP contribution in [0.4, 0.5) is 5.69 Å². The monoisotopic (exact) mass is 767 g/mol. The van der Waals surface area contributed by atoms with E-state index in [1.807, 2.05) is 30.5 Å². The van der Waals surface area contributed by atoms with Crippen LogP contribution in [-0.4, -0.2) is 71.7 Å². The number of likely N-dealkylation sites (tertiary alicyclic amines) is 1. The van der Waals surface area contributed by atoms with Crippen LogP contribution in [-0.2, 0) is 13.1 Å². The minimum Gasteiger partial charge on any atom is -0.493 e. The lowest BCUT2D eigenvalue weighted by atomic mass is 9.98. The first-order valence-electron chi connectivity index (χ1n) is 17.3. The number of benzene rings is 4. The molecule has 9 nitrogen and oxygen atoms in total. The summed E-state index contributed by atoms with van der Waals surface area (Å²) in [5.74, 6) is 3.63. The maximum absolute atomic E-state index is 5.64. The van der Waals surface area contributed by atoms with E-state index in [4.69, 9.17) is 28.4 Å². The maximum atomic E-state index is 5.64. The Bertz CT molecular complexity index is 1910. The molecule has 0 saturated carbocycles.